The van der Waals surface area contributed by atoms with E-state index in [0.29, 0.717) is 13.0 Å². The van der Waals surface area contributed by atoms with Crippen LogP contribution < -0.4 is 15.5 Å². The van der Waals surface area contributed by atoms with Crippen molar-refractivity contribution in [2.75, 3.05) is 24.5 Å². The molecule has 0 radical (unpaired) electrons. The minimum Gasteiger partial charge on any atom is -0.371 e. The third kappa shape index (κ3) is 5.79. The second-order valence-electron chi connectivity index (χ2n) is 7.37. The van der Waals surface area contributed by atoms with Gasteiger partial charge >= 0.3 is 11.8 Å². The van der Waals surface area contributed by atoms with Crippen molar-refractivity contribution < 1.29 is 14.0 Å². The van der Waals surface area contributed by atoms with Crippen LogP contribution in [-0.4, -0.2) is 31.4 Å². The third-order valence-electron chi connectivity index (χ3n) is 5.12. The second kappa shape index (κ2) is 10.0. The molecule has 0 bridgehead atoms. The zero-order valence-corrected chi connectivity index (χ0v) is 16.8. The number of benzene rings is 2. The predicted octanol–water partition coefficient (Wildman–Crippen LogP) is 2.96. The number of carbonyl (C=O) groups excluding carboxylic acids is 2. The van der Waals surface area contributed by atoms with Gasteiger partial charge in [-0.05, 0) is 60.6 Å². The van der Waals surface area contributed by atoms with Gasteiger partial charge in [-0.15, -0.1) is 0 Å². The van der Waals surface area contributed by atoms with Gasteiger partial charge in [0.25, 0.3) is 0 Å². The van der Waals surface area contributed by atoms with E-state index in [1.165, 1.54) is 29.8 Å². The summed E-state index contributed by atoms with van der Waals surface area (Å²) < 4.78 is 12.9. The van der Waals surface area contributed by atoms with E-state index in [4.69, 9.17) is 0 Å². The molecule has 2 amide bonds. The topological polar surface area (TPSA) is 61.4 Å². The summed E-state index contributed by atoms with van der Waals surface area (Å²) in [5.41, 5.74) is 4.59. The zero-order chi connectivity index (χ0) is 20.6. The average Bonchev–Trinajstić information content (AvgIpc) is 2.73. The Balaban J connectivity index is 1.45. The van der Waals surface area contributed by atoms with Crippen molar-refractivity contribution >= 4 is 17.5 Å². The van der Waals surface area contributed by atoms with Crippen LogP contribution in [0.3, 0.4) is 0 Å². The van der Waals surface area contributed by atoms with Gasteiger partial charge in [0.1, 0.15) is 5.82 Å². The van der Waals surface area contributed by atoms with Crippen LogP contribution in [0.5, 0.6) is 0 Å². The first kappa shape index (κ1) is 20.8. The lowest BCUT2D eigenvalue weighted by Crippen LogP contribution is -2.40. The number of carbonyl (C=O) groups is 2. The van der Waals surface area contributed by atoms with E-state index in [9.17, 15) is 14.0 Å². The Labute approximate surface area is 171 Å². The van der Waals surface area contributed by atoms with Crippen LogP contribution in [0.1, 0.15) is 36.5 Å². The number of nitrogens with zero attached hydrogens (tertiary/aromatic N) is 1. The third-order valence-corrected chi connectivity index (χ3v) is 5.12. The first-order valence-corrected chi connectivity index (χ1v) is 10.2. The Hall–Kier alpha value is -2.89. The lowest BCUT2D eigenvalue weighted by Gasteiger charge is -2.31. The van der Waals surface area contributed by atoms with E-state index in [1.54, 1.807) is 12.1 Å². The number of aryl methyl sites for hydroxylation is 1. The quantitative estimate of drug-likeness (QED) is 0.706. The fourth-order valence-corrected chi connectivity index (χ4v) is 3.65. The molecule has 29 heavy (non-hydrogen) atoms. The predicted molar refractivity (Wildman–Crippen MR) is 112 cm³/mol. The number of hydrogen-bond acceptors (Lipinski definition) is 3. The minimum absolute atomic E-state index is 0.186. The molecule has 2 aromatic rings. The number of nitrogens with one attached hydrogen (secondary N) is 2. The van der Waals surface area contributed by atoms with Crippen molar-refractivity contribution in [1.82, 2.24) is 10.6 Å². The molecular formula is C23H28FN3O2. The van der Waals surface area contributed by atoms with Gasteiger partial charge in [-0.1, -0.05) is 31.2 Å². The highest BCUT2D eigenvalue weighted by molar-refractivity contribution is 6.35. The Morgan fingerprint density at radius 2 is 1.76 bits per heavy atom. The molecular weight excluding hydrogens is 369 g/mol. The van der Waals surface area contributed by atoms with Gasteiger partial charge in [0.2, 0.25) is 0 Å². The van der Waals surface area contributed by atoms with Gasteiger partial charge in [-0.2, -0.15) is 0 Å². The molecule has 0 saturated carbocycles. The summed E-state index contributed by atoms with van der Waals surface area (Å²) in [5.74, 6) is -1.67. The molecule has 2 N–H and O–H groups in total. The highest BCUT2D eigenvalue weighted by atomic mass is 19.1. The lowest BCUT2D eigenvalue weighted by atomic mass is 9.98. The molecule has 6 heteroatoms. The highest BCUT2D eigenvalue weighted by Crippen LogP contribution is 2.28. The van der Waals surface area contributed by atoms with Gasteiger partial charge in [-0.25, -0.2) is 4.39 Å². The largest absolute Gasteiger partial charge is 0.371 e. The molecule has 2 aromatic carbocycles. The van der Waals surface area contributed by atoms with Gasteiger partial charge < -0.3 is 15.5 Å². The molecule has 0 saturated heterocycles. The van der Waals surface area contributed by atoms with Gasteiger partial charge in [0.15, 0.2) is 0 Å². The fourth-order valence-electron chi connectivity index (χ4n) is 3.65. The first-order chi connectivity index (χ1) is 14.1. The van der Waals surface area contributed by atoms with Crippen LogP contribution in [0.15, 0.2) is 42.5 Å². The Bertz CT molecular complexity index is 852. The van der Waals surface area contributed by atoms with E-state index in [1.807, 2.05) is 0 Å². The van der Waals surface area contributed by atoms with Crippen LogP contribution in [0.2, 0.25) is 0 Å². The minimum atomic E-state index is -0.685. The summed E-state index contributed by atoms with van der Waals surface area (Å²) in [4.78, 5) is 26.3. The first-order valence-electron chi connectivity index (χ1n) is 10.2. The number of hydrogen-bond donors (Lipinski definition) is 2. The van der Waals surface area contributed by atoms with E-state index >= 15 is 0 Å². The Morgan fingerprint density at radius 3 is 2.52 bits per heavy atom. The van der Waals surface area contributed by atoms with Crippen molar-refractivity contribution in [2.45, 2.75) is 39.2 Å². The molecule has 154 valence electrons. The molecule has 0 spiro atoms. The lowest BCUT2D eigenvalue weighted by molar-refractivity contribution is -0.139. The van der Waals surface area contributed by atoms with E-state index in [-0.39, 0.29) is 12.4 Å². The summed E-state index contributed by atoms with van der Waals surface area (Å²) in [6.07, 6.45) is 4.07. The average molecular weight is 397 g/mol. The number of fused-ring (bicyclic) bond motifs is 1. The summed E-state index contributed by atoms with van der Waals surface area (Å²) in [7, 11) is 0. The maximum atomic E-state index is 12.9. The standard InChI is InChI=1S/C23H28FN3O2/c1-2-13-27-14-3-4-19-15-17(7-10-21(19)27)11-12-25-22(28)23(29)26-16-18-5-8-20(24)9-6-18/h5-10,15H,2-4,11-14,16H2,1H3,(H,25,28)(H,26,29). The number of anilines is 1. The number of rotatable bonds is 7. The Kier molecular flexibility index (Phi) is 7.22. The van der Waals surface area contributed by atoms with Crippen molar-refractivity contribution in [1.29, 1.82) is 0 Å². The maximum Gasteiger partial charge on any atom is 0.309 e. The molecule has 0 atom stereocenters. The molecule has 1 aliphatic rings. The van der Waals surface area contributed by atoms with Gasteiger partial charge in [-0.3, -0.25) is 9.59 Å². The van der Waals surface area contributed by atoms with Crippen molar-refractivity contribution in [3.05, 3.63) is 65.0 Å². The summed E-state index contributed by atoms with van der Waals surface area (Å²) in [6.45, 7) is 4.98. The fraction of sp³-hybridized carbons (Fsp3) is 0.391. The van der Waals surface area contributed by atoms with Gasteiger partial charge in [0, 0.05) is 31.9 Å². The molecule has 1 aliphatic heterocycles. The van der Waals surface area contributed by atoms with Crippen LogP contribution in [-0.2, 0) is 29.0 Å². The number of amides is 2. The van der Waals surface area contributed by atoms with Crippen molar-refractivity contribution in [3.63, 3.8) is 0 Å². The molecule has 5 nitrogen and oxygen atoms in total. The SMILES string of the molecule is CCCN1CCCc2cc(CCNC(=O)C(=O)NCc3ccc(F)cc3)ccc21. The molecule has 0 unspecified atom stereocenters. The smallest absolute Gasteiger partial charge is 0.309 e. The number of halogens is 1. The molecule has 3 rings (SSSR count). The molecule has 0 aromatic heterocycles. The molecule has 1 heterocycles. The van der Waals surface area contributed by atoms with Crippen LogP contribution in [0.4, 0.5) is 10.1 Å². The van der Waals surface area contributed by atoms with Crippen LogP contribution >= 0.6 is 0 Å². The molecule has 0 aliphatic carbocycles. The Morgan fingerprint density at radius 1 is 1.03 bits per heavy atom. The highest BCUT2D eigenvalue weighted by Gasteiger charge is 2.17. The van der Waals surface area contributed by atoms with Crippen molar-refractivity contribution in [3.8, 4) is 0 Å². The van der Waals surface area contributed by atoms with E-state index in [0.717, 1.165) is 37.1 Å². The second-order valence-corrected chi connectivity index (χ2v) is 7.37. The van der Waals surface area contributed by atoms with Gasteiger partial charge in [0.05, 0.1) is 0 Å². The van der Waals surface area contributed by atoms with Crippen LogP contribution in [0.25, 0.3) is 0 Å². The normalized spacial score (nSPS) is 13.0. The maximum absolute atomic E-state index is 12.9. The summed E-state index contributed by atoms with van der Waals surface area (Å²) in [6, 6.07) is 12.3. The van der Waals surface area contributed by atoms with E-state index < -0.39 is 11.8 Å². The molecule has 0 fully saturated rings. The monoisotopic (exact) mass is 397 g/mol. The van der Waals surface area contributed by atoms with Crippen LogP contribution in [0, 0.1) is 5.82 Å². The van der Waals surface area contributed by atoms with Crippen molar-refractivity contribution in [2.24, 2.45) is 0 Å². The van der Waals surface area contributed by atoms with E-state index in [2.05, 4.69) is 40.7 Å². The zero-order valence-electron chi connectivity index (χ0n) is 16.8. The summed E-state index contributed by atoms with van der Waals surface area (Å²) >= 11 is 0. The summed E-state index contributed by atoms with van der Waals surface area (Å²) in [5, 5.41) is 5.21.